The maximum Gasteiger partial charge on any atom is 0.244 e. The second-order valence-corrected chi connectivity index (χ2v) is 7.65. The van der Waals surface area contributed by atoms with Gasteiger partial charge in [0.25, 0.3) is 0 Å². The molecule has 3 rings (SSSR count). The van der Waals surface area contributed by atoms with Gasteiger partial charge in [0.2, 0.25) is 10.0 Å². The van der Waals surface area contributed by atoms with E-state index in [4.69, 9.17) is 5.73 Å². The zero-order chi connectivity index (χ0) is 15.0. The summed E-state index contributed by atoms with van der Waals surface area (Å²) in [6.45, 7) is 3.95. The van der Waals surface area contributed by atoms with Crippen molar-refractivity contribution in [3.63, 3.8) is 0 Å². The van der Waals surface area contributed by atoms with Crippen molar-refractivity contribution in [2.45, 2.75) is 56.1 Å². The number of nitrogens with zero attached hydrogens (tertiary/aromatic N) is 2. The zero-order valence-electron chi connectivity index (χ0n) is 12.3. The molecule has 2 unspecified atom stereocenters. The number of nitrogens with two attached hydrogens (primary N) is 1. The van der Waals surface area contributed by atoms with Crippen LogP contribution in [0.25, 0.3) is 0 Å². The molecule has 2 fully saturated rings. The molecule has 4 N–H and O–H groups in total. The number of aromatic nitrogens is 2. The lowest BCUT2D eigenvalue weighted by atomic mass is 9.99. The normalized spacial score (nSPS) is 27.0. The molecule has 0 radical (unpaired) electrons. The van der Waals surface area contributed by atoms with Gasteiger partial charge in [0.1, 0.15) is 4.90 Å². The third-order valence-corrected chi connectivity index (χ3v) is 6.29. The summed E-state index contributed by atoms with van der Waals surface area (Å²) < 4.78 is 28.1. The van der Waals surface area contributed by atoms with Crippen molar-refractivity contribution in [2.24, 2.45) is 5.73 Å². The Morgan fingerprint density at radius 1 is 1.43 bits per heavy atom. The highest BCUT2D eigenvalue weighted by atomic mass is 32.2. The van der Waals surface area contributed by atoms with Crippen LogP contribution in [0.1, 0.15) is 37.1 Å². The molecule has 0 amide bonds. The average molecular weight is 313 g/mol. The van der Waals surface area contributed by atoms with Crippen molar-refractivity contribution in [3.05, 3.63) is 11.4 Å². The molecule has 2 saturated heterocycles. The van der Waals surface area contributed by atoms with E-state index in [-0.39, 0.29) is 17.5 Å². The van der Waals surface area contributed by atoms with Crippen LogP contribution in [-0.4, -0.2) is 48.7 Å². The van der Waals surface area contributed by atoms with Gasteiger partial charge in [0.05, 0.1) is 11.4 Å². The van der Waals surface area contributed by atoms with Crippen LogP contribution in [0.5, 0.6) is 0 Å². The fourth-order valence-corrected chi connectivity index (χ4v) is 5.23. The van der Waals surface area contributed by atoms with Crippen LogP contribution in [0.2, 0.25) is 0 Å². The van der Waals surface area contributed by atoms with Crippen LogP contribution in [0.3, 0.4) is 0 Å². The van der Waals surface area contributed by atoms with Crippen LogP contribution < -0.4 is 10.5 Å². The molecular weight excluding hydrogens is 290 g/mol. The van der Waals surface area contributed by atoms with E-state index in [0.29, 0.717) is 17.4 Å². The Balaban J connectivity index is 1.75. The van der Waals surface area contributed by atoms with E-state index in [2.05, 4.69) is 19.8 Å². The molecule has 0 aliphatic carbocycles. The van der Waals surface area contributed by atoms with Gasteiger partial charge < -0.3 is 10.6 Å². The van der Waals surface area contributed by atoms with E-state index in [1.807, 2.05) is 0 Å². The van der Waals surface area contributed by atoms with Crippen LogP contribution in [0, 0.1) is 6.92 Å². The first-order valence-electron chi connectivity index (χ1n) is 7.51. The highest BCUT2D eigenvalue weighted by Crippen LogP contribution is 2.28. The van der Waals surface area contributed by atoms with E-state index in [1.54, 1.807) is 6.92 Å². The lowest BCUT2D eigenvalue weighted by molar-refractivity contribution is 0.176. The summed E-state index contributed by atoms with van der Waals surface area (Å²) in [6.07, 6.45) is 4.16. The van der Waals surface area contributed by atoms with Gasteiger partial charge in [-0.1, -0.05) is 0 Å². The quantitative estimate of drug-likeness (QED) is 0.730. The van der Waals surface area contributed by atoms with Crippen LogP contribution >= 0.6 is 0 Å². The highest BCUT2D eigenvalue weighted by molar-refractivity contribution is 7.89. The topological polar surface area (TPSA) is 104 Å². The molecule has 3 heterocycles. The number of fused-ring (bicyclic) bond motifs is 1. The van der Waals surface area contributed by atoms with Crippen molar-refractivity contribution in [1.82, 2.24) is 19.8 Å². The number of aryl methyl sites for hydroxylation is 1. The molecule has 0 bridgehead atoms. The fraction of sp³-hybridized carbons (Fsp3) is 0.769. The Hall–Kier alpha value is -0.960. The van der Waals surface area contributed by atoms with Gasteiger partial charge >= 0.3 is 0 Å². The van der Waals surface area contributed by atoms with Gasteiger partial charge in [0, 0.05) is 18.6 Å². The molecule has 2 atom stereocenters. The number of rotatable bonds is 4. The van der Waals surface area contributed by atoms with Gasteiger partial charge in [-0.05, 0) is 45.7 Å². The minimum atomic E-state index is -3.56. The summed E-state index contributed by atoms with van der Waals surface area (Å²) in [7, 11) is -3.56. The highest BCUT2D eigenvalue weighted by Gasteiger charge is 2.34. The standard InChI is InChI=1S/C13H23N5O2S/c1-9-13(12(8-14)16-15-9)21(19,20)17-10-4-6-18-5-2-3-11(18)7-10/h10-11,17H,2-8,14H2,1H3,(H,15,16). The molecule has 0 aromatic carbocycles. The molecule has 2 aliphatic heterocycles. The van der Waals surface area contributed by atoms with E-state index < -0.39 is 10.0 Å². The molecule has 0 spiro atoms. The number of hydrogen-bond acceptors (Lipinski definition) is 5. The predicted molar refractivity (Wildman–Crippen MR) is 79.2 cm³/mol. The monoisotopic (exact) mass is 313 g/mol. The summed E-state index contributed by atoms with van der Waals surface area (Å²) in [6, 6.07) is 0.542. The van der Waals surface area contributed by atoms with Crippen molar-refractivity contribution in [3.8, 4) is 0 Å². The SMILES string of the molecule is Cc1[nH]nc(CN)c1S(=O)(=O)NC1CCN2CCCC2C1. The van der Waals surface area contributed by atoms with Gasteiger partial charge in [-0.25, -0.2) is 13.1 Å². The van der Waals surface area contributed by atoms with E-state index in [1.165, 1.54) is 12.8 Å². The second kappa shape index (κ2) is 5.68. The Kier molecular flexibility index (Phi) is 4.04. The summed E-state index contributed by atoms with van der Waals surface area (Å²) in [4.78, 5) is 2.69. The van der Waals surface area contributed by atoms with Crippen molar-refractivity contribution < 1.29 is 8.42 Å². The molecule has 0 saturated carbocycles. The zero-order valence-corrected chi connectivity index (χ0v) is 13.1. The number of sulfonamides is 1. The Labute approximate surface area is 125 Å². The minimum Gasteiger partial charge on any atom is -0.325 e. The first kappa shape index (κ1) is 15.0. The van der Waals surface area contributed by atoms with Gasteiger partial charge in [-0.2, -0.15) is 5.10 Å². The largest absolute Gasteiger partial charge is 0.325 e. The molecule has 2 aliphatic rings. The van der Waals surface area contributed by atoms with Crippen molar-refractivity contribution in [2.75, 3.05) is 13.1 Å². The van der Waals surface area contributed by atoms with Gasteiger partial charge in [-0.3, -0.25) is 5.10 Å². The minimum absolute atomic E-state index is 0.00859. The Bertz CT molecular complexity index is 612. The van der Waals surface area contributed by atoms with Crippen LogP contribution in [0.4, 0.5) is 0 Å². The Morgan fingerprint density at radius 3 is 3.00 bits per heavy atom. The fourth-order valence-electron chi connectivity index (χ4n) is 3.57. The lowest BCUT2D eigenvalue weighted by Crippen LogP contribution is -2.47. The van der Waals surface area contributed by atoms with E-state index >= 15 is 0 Å². The van der Waals surface area contributed by atoms with Gasteiger partial charge in [-0.15, -0.1) is 0 Å². The predicted octanol–water partition coefficient (Wildman–Crippen LogP) is 0.0819. The second-order valence-electron chi connectivity index (χ2n) is 6.00. The number of H-pyrrole nitrogens is 1. The summed E-state index contributed by atoms with van der Waals surface area (Å²) in [5.74, 6) is 0. The van der Waals surface area contributed by atoms with Crippen molar-refractivity contribution in [1.29, 1.82) is 0 Å². The molecule has 1 aromatic heterocycles. The summed E-state index contributed by atoms with van der Waals surface area (Å²) >= 11 is 0. The molecule has 118 valence electrons. The number of piperidine rings is 1. The third-order valence-electron chi connectivity index (χ3n) is 4.57. The number of hydrogen-bond donors (Lipinski definition) is 3. The number of aromatic amines is 1. The van der Waals surface area contributed by atoms with Crippen molar-refractivity contribution >= 4 is 10.0 Å². The van der Waals surface area contributed by atoms with E-state index in [0.717, 1.165) is 25.9 Å². The number of nitrogens with one attached hydrogen (secondary N) is 2. The molecular formula is C13H23N5O2S. The maximum atomic E-state index is 12.6. The maximum absolute atomic E-state index is 12.6. The molecule has 21 heavy (non-hydrogen) atoms. The average Bonchev–Trinajstić information content (AvgIpc) is 3.03. The summed E-state index contributed by atoms with van der Waals surface area (Å²) in [5.41, 5.74) is 6.53. The summed E-state index contributed by atoms with van der Waals surface area (Å²) in [5, 5.41) is 6.68. The Morgan fingerprint density at radius 2 is 2.24 bits per heavy atom. The smallest absolute Gasteiger partial charge is 0.244 e. The molecule has 1 aromatic rings. The molecule has 7 nitrogen and oxygen atoms in total. The first-order valence-corrected chi connectivity index (χ1v) is 9.00. The third kappa shape index (κ3) is 2.85. The van der Waals surface area contributed by atoms with Gasteiger partial charge in [0.15, 0.2) is 0 Å². The lowest BCUT2D eigenvalue weighted by Gasteiger charge is -2.34. The van der Waals surface area contributed by atoms with Crippen LogP contribution in [0.15, 0.2) is 4.90 Å². The molecule has 8 heteroatoms. The van der Waals surface area contributed by atoms with Crippen LogP contribution in [-0.2, 0) is 16.6 Å². The first-order chi connectivity index (χ1) is 10.0. The van der Waals surface area contributed by atoms with E-state index in [9.17, 15) is 8.42 Å².